The molecule has 0 spiro atoms. The van der Waals surface area contributed by atoms with Crippen LogP contribution in [-0.2, 0) is 6.42 Å². The smallest absolute Gasteiger partial charge is 0.228 e. The summed E-state index contributed by atoms with van der Waals surface area (Å²) in [5.74, 6) is 3.55. The predicted molar refractivity (Wildman–Crippen MR) is 97.2 cm³/mol. The van der Waals surface area contributed by atoms with Crippen molar-refractivity contribution in [3.63, 3.8) is 0 Å². The van der Waals surface area contributed by atoms with Crippen molar-refractivity contribution in [1.82, 2.24) is 20.8 Å². The fraction of sp³-hybridized carbons (Fsp3) is 0.833. The second kappa shape index (κ2) is 9.64. The van der Waals surface area contributed by atoms with E-state index in [4.69, 9.17) is 4.52 Å². The molecule has 1 fully saturated rings. The first-order valence-corrected chi connectivity index (χ1v) is 9.49. The standard InChI is InChI=1S/C18H33N5O/c1-5-14-7-9-15(10-8-14)21-18(19-6-2)20-12-11-16-22-17(13(3)4)23-24-16/h13-15H,5-12H2,1-4H3,(H2,19,20,21). The van der Waals surface area contributed by atoms with Crippen molar-refractivity contribution in [2.45, 2.75) is 78.2 Å². The molecule has 0 unspecified atom stereocenters. The first kappa shape index (κ1) is 18.7. The fourth-order valence-electron chi connectivity index (χ4n) is 3.10. The van der Waals surface area contributed by atoms with Crippen molar-refractivity contribution in [2.75, 3.05) is 13.1 Å². The number of nitrogens with zero attached hydrogens (tertiary/aromatic N) is 3. The molecule has 1 saturated carbocycles. The lowest BCUT2D eigenvalue weighted by molar-refractivity contribution is 0.304. The normalized spacial score (nSPS) is 22.0. The zero-order valence-electron chi connectivity index (χ0n) is 15.6. The Balaban J connectivity index is 1.81. The Morgan fingerprint density at radius 1 is 1.25 bits per heavy atom. The Kier molecular flexibility index (Phi) is 7.53. The third-order valence-corrected chi connectivity index (χ3v) is 4.70. The highest BCUT2D eigenvalue weighted by atomic mass is 16.5. The van der Waals surface area contributed by atoms with E-state index in [1.807, 2.05) is 0 Å². The SMILES string of the molecule is CCNC(=NCCc1nc(C(C)C)no1)NC1CCC(CC)CC1. The number of guanidine groups is 1. The number of nitrogens with one attached hydrogen (secondary N) is 2. The second-order valence-electron chi connectivity index (χ2n) is 6.98. The molecule has 0 amide bonds. The van der Waals surface area contributed by atoms with E-state index < -0.39 is 0 Å². The lowest BCUT2D eigenvalue weighted by atomic mass is 9.84. The summed E-state index contributed by atoms with van der Waals surface area (Å²) in [5, 5.41) is 10.9. The molecular weight excluding hydrogens is 302 g/mol. The van der Waals surface area contributed by atoms with Gasteiger partial charge in [0.15, 0.2) is 11.8 Å². The second-order valence-corrected chi connectivity index (χ2v) is 6.98. The summed E-state index contributed by atoms with van der Waals surface area (Å²) in [6.45, 7) is 10.0. The molecule has 1 aliphatic carbocycles. The van der Waals surface area contributed by atoms with E-state index in [2.05, 4.69) is 53.5 Å². The van der Waals surface area contributed by atoms with E-state index in [0.717, 1.165) is 24.2 Å². The molecule has 6 nitrogen and oxygen atoms in total. The first-order chi connectivity index (χ1) is 11.6. The zero-order valence-corrected chi connectivity index (χ0v) is 15.6. The van der Waals surface area contributed by atoms with Gasteiger partial charge in [-0.3, -0.25) is 4.99 Å². The van der Waals surface area contributed by atoms with Gasteiger partial charge in [0.1, 0.15) is 0 Å². The van der Waals surface area contributed by atoms with Crippen LogP contribution < -0.4 is 10.6 Å². The van der Waals surface area contributed by atoms with Crippen molar-refractivity contribution in [2.24, 2.45) is 10.9 Å². The third-order valence-electron chi connectivity index (χ3n) is 4.70. The summed E-state index contributed by atoms with van der Waals surface area (Å²) in [7, 11) is 0. The van der Waals surface area contributed by atoms with Gasteiger partial charge >= 0.3 is 0 Å². The lowest BCUT2D eigenvalue weighted by Gasteiger charge is -2.29. The number of aromatic nitrogens is 2. The maximum Gasteiger partial charge on any atom is 0.228 e. The number of rotatable bonds is 7. The minimum atomic E-state index is 0.295. The maximum absolute atomic E-state index is 5.27. The van der Waals surface area contributed by atoms with Crippen LogP contribution in [0.5, 0.6) is 0 Å². The van der Waals surface area contributed by atoms with Crippen LogP contribution in [0.3, 0.4) is 0 Å². The van der Waals surface area contributed by atoms with E-state index in [9.17, 15) is 0 Å². The van der Waals surface area contributed by atoms with Crippen LogP contribution in [0, 0.1) is 5.92 Å². The molecule has 1 aromatic heterocycles. The molecule has 1 aromatic rings. The summed E-state index contributed by atoms with van der Waals surface area (Å²) in [6, 6.07) is 0.543. The molecule has 0 radical (unpaired) electrons. The van der Waals surface area contributed by atoms with Gasteiger partial charge < -0.3 is 15.2 Å². The summed E-state index contributed by atoms with van der Waals surface area (Å²) in [5.41, 5.74) is 0. The van der Waals surface area contributed by atoms with E-state index in [-0.39, 0.29) is 0 Å². The van der Waals surface area contributed by atoms with Crippen LogP contribution in [0.15, 0.2) is 9.52 Å². The van der Waals surface area contributed by atoms with Gasteiger partial charge in [0.05, 0.1) is 6.54 Å². The lowest BCUT2D eigenvalue weighted by Crippen LogP contribution is -2.45. The highest BCUT2D eigenvalue weighted by molar-refractivity contribution is 5.80. The van der Waals surface area contributed by atoms with Gasteiger partial charge in [-0.25, -0.2) is 0 Å². The molecule has 0 atom stereocenters. The Hall–Kier alpha value is -1.59. The molecule has 136 valence electrons. The first-order valence-electron chi connectivity index (χ1n) is 9.49. The molecule has 6 heteroatoms. The molecule has 0 bridgehead atoms. The van der Waals surface area contributed by atoms with E-state index in [1.54, 1.807) is 0 Å². The maximum atomic E-state index is 5.27. The predicted octanol–water partition coefficient (Wildman–Crippen LogP) is 3.26. The number of hydrogen-bond donors (Lipinski definition) is 2. The molecule has 1 aliphatic rings. The zero-order chi connectivity index (χ0) is 17.4. The Morgan fingerprint density at radius 3 is 2.58 bits per heavy atom. The number of aliphatic imine (C=N–C) groups is 1. The third kappa shape index (κ3) is 5.80. The van der Waals surface area contributed by atoms with Gasteiger partial charge in [-0.1, -0.05) is 32.3 Å². The van der Waals surface area contributed by atoms with Crippen LogP contribution in [0.1, 0.15) is 77.4 Å². The van der Waals surface area contributed by atoms with Gasteiger partial charge in [0.2, 0.25) is 5.89 Å². The summed E-state index contributed by atoms with van der Waals surface area (Å²) in [6.07, 6.45) is 7.12. The van der Waals surface area contributed by atoms with Crippen molar-refractivity contribution < 1.29 is 4.52 Å². The topological polar surface area (TPSA) is 75.3 Å². The molecule has 0 saturated heterocycles. The molecule has 24 heavy (non-hydrogen) atoms. The largest absolute Gasteiger partial charge is 0.357 e. The molecule has 1 heterocycles. The van der Waals surface area contributed by atoms with Crippen molar-refractivity contribution in [1.29, 1.82) is 0 Å². The van der Waals surface area contributed by atoms with Gasteiger partial charge in [-0.15, -0.1) is 0 Å². The molecule has 0 aliphatic heterocycles. The Morgan fingerprint density at radius 2 is 2.00 bits per heavy atom. The van der Waals surface area contributed by atoms with Crippen LogP contribution in [0.2, 0.25) is 0 Å². The summed E-state index contributed by atoms with van der Waals surface area (Å²) < 4.78 is 5.27. The average Bonchev–Trinajstić information content (AvgIpc) is 3.05. The van der Waals surface area contributed by atoms with E-state index in [0.29, 0.717) is 30.8 Å². The van der Waals surface area contributed by atoms with Crippen LogP contribution in [0.4, 0.5) is 0 Å². The Bertz CT molecular complexity index is 503. The fourth-order valence-corrected chi connectivity index (χ4v) is 3.10. The Labute approximate surface area is 145 Å². The van der Waals surface area contributed by atoms with Crippen LogP contribution >= 0.6 is 0 Å². The van der Waals surface area contributed by atoms with Crippen molar-refractivity contribution in [3.8, 4) is 0 Å². The molecular formula is C18H33N5O. The molecule has 0 aromatic carbocycles. The molecule has 2 N–H and O–H groups in total. The van der Waals surface area contributed by atoms with E-state index in [1.165, 1.54) is 32.1 Å². The van der Waals surface area contributed by atoms with Crippen LogP contribution in [-0.4, -0.2) is 35.2 Å². The average molecular weight is 335 g/mol. The highest BCUT2D eigenvalue weighted by Crippen LogP contribution is 2.26. The minimum absolute atomic E-state index is 0.295. The van der Waals surface area contributed by atoms with Crippen molar-refractivity contribution >= 4 is 5.96 Å². The quantitative estimate of drug-likeness (QED) is 0.591. The minimum Gasteiger partial charge on any atom is -0.357 e. The summed E-state index contributed by atoms with van der Waals surface area (Å²) in [4.78, 5) is 9.06. The van der Waals surface area contributed by atoms with Crippen molar-refractivity contribution in [3.05, 3.63) is 11.7 Å². The number of hydrogen-bond acceptors (Lipinski definition) is 4. The van der Waals surface area contributed by atoms with Gasteiger partial charge in [0, 0.05) is 24.9 Å². The molecule has 2 rings (SSSR count). The monoisotopic (exact) mass is 335 g/mol. The van der Waals surface area contributed by atoms with E-state index >= 15 is 0 Å². The van der Waals surface area contributed by atoms with Gasteiger partial charge in [0.25, 0.3) is 0 Å². The van der Waals surface area contributed by atoms with Crippen LogP contribution in [0.25, 0.3) is 0 Å². The van der Waals surface area contributed by atoms with Gasteiger partial charge in [-0.05, 0) is 38.5 Å². The highest BCUT2D eigenvalue weighted by Gasteiger charge is 2.20. The van der Waals surface area contributed by atoms with Gasteiger partial charge in [-0.2, -0.15) is 4.98 Å². The summed E-state index contributed by atoms with van der Waals surface area (Å²) >= 11 is 0.